The number of carbonyl (C=O) groups excluding carboxylic acids is 3. The van der Waals surface area contributed by atoms with E-state index in [2.05, 4.69) is 10.3 Å². The maximum Gasteiger partial charge on any atom is 0.348 e. The Kier molecular flexibility index (Phi) is 7.33. The van der Waals surface area contributed by atoms with E-state index in [1.54, 1.807) is 27.7 Å². The number of thiophene rings is 2. The molecule has 0 saturated carbocycles. The molecule has 33 heavy (non-hydrogen) atoms. The van der Waals surface area contributed by atoms with E-state index in [-0.39, 0.29) is 40.8 Å². The van der Waals surface area contributed by atoms with E-state index >= 15 is 0 Å². The molecule has 0 fully saturated rings. The molecule has 9 nitrogen and oxygen atoms in total. The van der Waals surface area contributed by atoms with Crippen LogP contribution in [0.2, 0.25) is 0 Å². The number of anilines is 1. The summed E-state index contributed by atoms with van der Waals surface area (Å²) in [6, 6.07) is 0. The Morgan fingerprint density at radius 2 is 1.61 bits per heavy atom. The van der Waals surface area contributed by atoms with E-state index in [0.717, 1.165) is 21.8 Å². The van der Waals surface area contributed by atoms with Crippen LogP contribution in [0.15, 0.2) is 4.79 Å². The minimum absolute atomic E-state index is 0.0974. The van der Waals surface area contributed by atoms with E-state index in [9.17, 15) is 19.2 Å². The van der Waals surface area contributed by atoms with E-state index < -0.39 is 17.8 Å². The molecule has 0 spiro atoms. The summed E-state index contributed by atoms with van der Waals surface area (Å²) in [7, 11) is 0. The largest absolute Gasteiger partial charge is 0.462 e. The van der Waals surface area contributed by atoms with Crippen molar-refractivity contribution in [3.63, 3.8) is 0 Å². The molecule has 3 rings (SSSR count). The van der Waals surface area contributed by atoms with Gasteiger partial charge in [-0.1, -0.05) is 0 Å². The second-order valence-corrected chi connectivity index (χ2v) is 9.49. The summed E-state index contributed by atoms with van der Waals surface area (Å²) in [5.41, 5.74) is 1.02. The summed E-state index contributed by atoms with van der Waals surface area (Å²) >= 11 is 2.37. The third kappa shape index (κ3) is 4.69. The van der Waals surface area contributed by atoms with Crippen molar-refractivity contribution in [1.82, 2.24) is 9.55 Å². The minimum Gasteiger partial charge on any atom is -0.462 e. The number of nitrogens with one attached hydrogen (secondary N) is 1. The molecule has 176 valence electrons. The zero-order chi connectivity index (χ0) is 24.4. The van der Waals surface area contributed by atoms with Gasteiger partial charge < -0.3 is 14.8 Å². The molecule has 0 saturated heterocycles. The first kappa shape index (κ1) is 24.6. The second kappa shape index (κ2) is 9.84. The molecular weight excluding hydrogens is 466 g/mol. The van der Waals surface area contributed by atoms with Gasteiger partial charge in [-0.15, -0.1) is 22.7 Å². The van der Waals surface area contributed by atoms with Gasteiger partial charge in [-0.2, -0.15) is 0 Å². The molecule has 0 atom stereocenters. The normalized spacial score (nSPS) is 11.0. The monoisotopic (exact) mass is 491 g/mol. The highest BCUT2D eigenvalue weighted by Crippen LogP contribution is 2.34. The van der Waals surface area contributed by atoms with Crippen LogP contribution >= 0.6 is 22.7 Å². The van der Waals surface area contributed by atoms with E-state index in [1.165, 1.54) is 15.9 Å². The molecule has 3 aromatic heterocycles. The van der Waals surface area contributed by atoms with Crippen LogP contribution in [0.25, 0.3) is 10.2 Å². The first-order chi connectivity index (χ1) is 15.6. The number of carbonyl (C=O) groups is 3. The number of rotatable bonds is 7. The Hall–Kier alpha value is -3.05. The zero-order valence-electron chi connectivity index (χ0n) is 19.3. The Labute approximate surface area is 198 Å². The highest BCUT2D eigenvalue weighted by Gasteiger charge is 2.27. The highest BCUT2D eigenvalue weighted by molar-refractivity contribution is 7.19. The number of hydrogen-bond acceptors (Lipinski definition) is 9. The van der Waals surface area contributed by atoms with Crippen LogP contribution in [0.3, 0.4) is 0 Å². The fourth-order valence-corrected chi connectivity index (χ4v) is 5.54. The fraction of sp³-hybridized carbons (Fsp3) is 0.409. The van der Waals surface area contributed by atoms with Gasteiger partial charge in [-0.3, -0.25) is 14.2 Å². The van der Waals surface area contributed by atoms with E-state index in [1.807, 2.05) is 13.8 Å². The fourth-order valence-electron chi connectivity index (χ4n) is 3.37. The SMILES string of the molecule is CCOC(=O)c1sc(NC(=O)Cn2c(C)nc3sc(C)c(C)c3c2=O)c(C(=O)OCC)c1C. The van der Waals surface area contributed by atoms with E-state index in [0.29, 0.717) is 21.6 Å². The molecule has 0 unspecified atom stereocenters. The van der Waals surface area contributed by atoms with Crippen molar-refractivity contribution in [2.24, 2.45) is 0 Å². The molecule has 11 heteroatoms. The lowest BCUT2D eigenvalue weighted by Crippen LogP contribution is -2.30. The molecular formula is C22H25N3O6S2. The van der Waals surface area contributed by atoms with Crippen LogP contribution in [0, 0.1) is 27.7 Å². The van der Waals surface area contributed by atoms with Crippen LogP contribution in [0.5, 0.6) is 0 Å². The molecule has 3 heterocycles. The number of aryl methyl sites for hydroxylation is 3. The average molecular weight is 492 g/mol. The summed E-state index contributed by atoms with van der Waals surface area (Å²) in [6.07, 6.45) is 0. The first-order valence-corrected chi connectivity index (χ1v) is 12.0. The Morgan fingerprint density at radius 1 is 0.970 bits per heavy atom. The lowest BCUT2D eigenvalue weighted by atomic mass is 10.1. The Bertz CT molecular complexity index is 1320. The number of hydrogen-bond donors (Lipinski definition) is 1. The van der Waals surface area contributed by atoms with Gasteiger partial charge in [0.25, 0.3) is 5.56 Å². The first-order valence-electron chi connectivity index (χ1n) is 10.3. The topological polar surface area (TPSA) is 117 Å². The lowest BCUT2D eigenvalue weighted by Gasteiger charge is -2.11. The molecule has 3 aromatic rings. The van der Waals surface area contributed by atoms with Gasteiger partial charge >= 0.3 is 11.9 Å². The van der Waals surface area contributed by atoms with Crippen LogP contribution < -0.4 is 10.9 Å². The standard InChI is InChI=1S/C22H25N3O6S2/c1-7-30-21(28)16-11(4)17(22(29)31-8-2)33-19(16)24-14(26)9-25-13(6)23-18-15(20(25)27)10(3)12(5)32-18/h7-9H2,1-6H3,(H,24,26). The van der Waals surface area contributed by atoms with Gasteiger partial charge in [0.15, 0.2) is 0 Å². The second-order valence-electron chi connectivity index (χ2n) is 7.26. The van der Waals surface area contributed by atoms with Crippen molar-refractivity contribution in [2.45, 2.75) is 48.1 Å². The third-order valence-electron chi connectivity index (χ3n) is 5.12. The van der Waals surface area contributed by atoms with Crippen molar-refractivity contribution < 1.29 is 23.9 Å². The number of nitrogens with zero attached hydrogens (tertiary/aromatic N) is 2. The third-order valence-corrected chi connectivity index (χ3v) is 7.41. The van der Waals surface area contributed by atoms with Crippen LogP contribution in [-0.2, 0) is 20.8 Å². The van der Waals surface area contributed by atoms with Crippen molar-refractivity contribution in [3.8, 4) is 0 Å². The Morgan fingerprint density at radius 3 is 2.24 bits per heavy atom. The highest BCUT2D eigenvalue weighted by atomic mass is 32.1. The van der Waals surface area contributed by atoms with Gasteiger partial charge in [0.05, 0.1) is 24.2 Å². The van der Waals surface area contributed by atoms with Gasteiger partial charge in [0.2, 0.25) is 5.91 Å². The average Bonchev–Trinajstić information content (AvgIpc) is 3.21. The lowest BCUT2D eigenvalue weighted by molar-refractivity contribution is -0.116. The van der Waals surface area contributed by atoms with Crippen LogP contribution in [-0.4, -0.2) is 40.6 Å². The minimum atomic E-state index is -0.655. The summed E-state index contributed by atoms with van der Waals surface area (Å²) < 4.78 is 11.5. The van der Waals surface area contributed by atoms with Crippen molar-refractivity contribution in [1.29, 1.82) is 0 Å². The van der Waals surface area contributed by atoms with Crippen molar-refractivity contribution in [3.05, 3.63) is 42.6 Å². The summed E-state index contributed by atoms with van der Waals surface area (Å²) in [6.45, 7) is 10.4. The Balaban J connectivity index is 1.97. The number of ether oxygens (including phenoxy) is 2. The van der Waals surface area contributed by atoms with Gasteiger partial charge in [-0.25, -0.2) is 14.6 Å². The summed E-state index contributed by atoms with van der Waals surface area (Å²) in [4.78, 5) is 57.1. The van der Waals surface area contributed by atoms with Gasteiger partial charge in [0.1, 0.15) is 27.1 Å². The molecule has 0 aromatic carbocycles. The quantitative estimate of drug-likeness (QED) is 0.500. The van der Waals surface area contributed by atoms with Crippen molar-refractivity contribution >= 4 is 55.7 Å². The molecule has 0 aliphatic carbocycles. The molecule has 1 N–H and O–H groups in total. The summed E-state index contributed by atoms with van der Waals surface area (Å²) in [5.74, 6) is -1.37. The maximum absolute atomic E-state index is 13.1. The zero-order valence-corrected chi connectivity index (χ0v) is 20.9. The molecule has 0 aliphatic rings. The van der Waals surface area contributed by atoms with Crippen molar-refractivity contribution in [2.75, 3.05) is 18.5 Å². The molecule has 0 radical (unpaired) electrons. The molecule has 1 amide bonds. The smallest absolute Gasteiger partial charge is 0.348 e. The van der Waals surface area contributed by atoms with E-state index in [4.69, 9.17) is 9.47 Å². The number of esters is 2. The summed E-state index contributed by atoms with van der Waals surface area (Å²) in [5, 5.41) is 3.33. The van der Waals surface area contributed by atoms with Crippen LogP contribution in [0.4, 0.5) is 5.00 Å². The van der Waals surface area contributed by atoms with Gasteiger partial charge in [0, 0.05) is 4.88 Å². The maximum atomic E-state index is 13.1. The predicted molar refractivity (Wildman–Crippen MR) is 128 cm³/mol. The molecule has 0 bridgehead atoms. The number of amides is 1. The predicted octanol–water partition coefficient (Wildman–Crippen LogP) is 3.75. The number of fused-ring (bicyclic) bond motifs is 1. The molecule has 0 aliphatic heterocycles. The van der Waals surface area contributed by atoms with Gasteiger partial charge in [-0.05, 0) is 52.7 Å². The number of aromatic nitrogens is 2. The van der Waals surface area contributed by atoms with Crippen LogP contribution in [0.1, 0.15) is 55.7 Å².